The third-order valence-electron chi connectivity index (χ3n) is 5.25. The van der Waals surface area contributed by atoms with Gasteiger partial charge in [-0.25, -0.2) is 4.39 Å². The van der Waals surface area contributed by atoms with Crippen molar-refractivity contribution in [3.8, 4) is 0 Å². The summed E-state index contributed by atoms with van der Waals surface area (Å²) in [4.78, 5) is 10.8. The number of aromatic amines is 1. The summed E-state index contributed by atoms with van der Waals surface area (Å²) in [7, 11) is 1.67. The van der Waals surface area contributed by atoms with E-state index in [0.717, 1.165) is 22.9 Å². The molecule has 1 fully saturated rings. The van der Waals surface area contributed by atoms with Crippen LogP contribution in [0.4, 0.5) is 17.6 Å². The van der Waals surface area contributed by atoms with Gasteiger partial charge in [0.05, 0.1) is 0 Å². The maximum absolute atomic E-state index is 13.3. The van der Waals surface area contributed by atoms with Crippen LogP contribution >= 0.6 is 24.0 Å². The summed E-state index contributed by atoms with van der Waals surface area (Å²) < 4.78 is 51.9. The second-order valence-corrected chi connectivity index (χ2v) is 6.97. The fraction of sp³-hybridized carbons (Fsp3) is 0.526. The molecule has 0 spiro atoms. The van der Waals surface area contributed by atoms with Crippen LogP contribution in [0.25, 0.3) is 10.9 Å². The third kappa shape index (κ3) is 5.74. The molecule has 29 heavy (non-hydrogen) atoms. The molecule has 1 atom stereocenters. The Morgan fingerprint density at radius 2 is 1.93 bits per heavy atom. The van der Waals surface area contributed by atoms with E-state index in [-0.39, 0.29) is 29.8 Å². The first-order valence-corrected chi connectivity index (χ1v) is 9.31. The van der Waals surface area contributed by atoms with Crippen molar-refractivity contribution < 1.29 is 17.6 Å². The fourth-order valence-corrected chi connectivity index (χ4v) is 3.53. The van der Waals surface area contributed by atoms with E-state index in [2.05, 4.69) is 15.3 Å². The number of fused-ring (bicyclic) bond motifs is 1. The van der Waals surface area contributed by atoms with Crippen molar-refractivity contribution in [2.24, 2.45) is 4.99 Å². The molecule has 1 aromatic heterocycles. The van der Waals surface area contributed by atoms with Crippen LogP contribution in [0.2, 0.25) is 0 Å². The van der Waals surface area contributed by atoms with Crippen molar-refractivity contribution >= 4 is 40.8 Å². The maximum atomic E-state index is 13.3. The van der Waals surface area contributed by atoms with Gasteiger partial charge in [0.15, 0.2) is 5.96 Å². The fourth-order valence-electron chi connectivity index (χ4n) is 3.53. The zero-order chi connectivity index (χ0) is 20.3. The van der Waals surface area contributed by atoms with Gasteiger partial charge in [-0.1, -0.05) is 0 Å². The first-order valence-electron chi connectivity index (χ1n) is 9.31. The molecule has 2 heterocycles. The van der Waals surface area contributed by atoms with Gasteiger partial charge in [-0.05, 0) is 37.1 Å². The minimum Gasteiger partial charge on any atom is -0.361 e. The maximum Gasteiger partial charge on any atom is 0.403 e. The van der Waals surface area contributed by atoms with Crippen molar-refractivity contribution in [1.82, 2.24) is 20.1 Å². The topological polar surface area (TPSA) is 46.7 Å². The highest BCUT2D eigenvalue weighted by atomic mass is 127. The SMILES string of the molecule is CN=C(NCCc1c[nH]c2cc(F)ccc12)N1CCN(C(C)C(F)(F)F)CC1.I. The van der Waals surface area contributed by atoms with Gasteiger partial charge in [0.25, 0.3) is 0 Å². The minimum atomic E-state index is -4.20. The molecule has 2 N–H and O–H groups in total. The standard InChI is InChI=1S/C19H25F4N5.HI/c1-13(19(21,22)23)27-7-9-28(10-8-27)18(24-2)25-6-5-14-12-26-17-11-15(20)3-4-16(14)17;/h3-4,11-13,26H,5-10H2,1-2H3,(H,24,25);1H. The predicted octanol–water partition coefficient (Wildman–Crippen LogP) is 3.61. The average Bonchev–Trinajstić information content (AvgIpc) is 3.06. The van der Waals surface area contributed by atoms with Crippen LogP contribution in [0.3, 0.4) is 0 Å². The number of benzene rings is 1. The highest BCUT2D eigenvalue weighted by Crippen LogP contribution is 2.25. The number of aromatic nitrogens is 1. The van der Waals surface area contributed by atoms with Gasteiger partial charge in [-0.3, -0.25) is 9.89 Å². The van der Waals surface area contributed by atoms with Crippen LogP contribution < -0.4 is 5.32 Å². The molecule has 5 nitrogen and oxygen atoms in total. The normalized spacial score (nSPS) is 17.3. The van der Waals surface area contributed by atoms with Crippen LogP contribution in [0, 0.1) is 5.82 Å². The number of aliphatic imine (C=N–C) groups is 1. The highest BCUT2D eigenvalue weighted by molar-refractivity contribution is 14.0. The summed E-state index contributed by atoms with van der Waals surface area (Å²) in [6.07, 6.45) is -1.62. The zero-order valence-electron chi connectivity index (χ0n) is 16.4. The molecule has 1 saturated heterocycles. The molecule has 0 aliphatic carbocycles. The highest BCUT2D eigenvalue weighted by Gasteiger charge is 2.41. The number of guanidine groups is 1. The number of H-pyrrole nitrogens is 1. The molecule has 10 heteroatoms. The quantitative estimate of drug-likeness (QED) is 0.277. The Bertz CT molecular complexity index is 828. The Morgan fingerprint density at radius 3 is 2.55 bits per heavy atom. The van der Waals surface area contributed by atoms with E-state index in [1.165, 1.54) is 24.0 Å². The smallest absolute Gasteiger partial charge is 0.361 e. The lowest BCUT2D eigenvalue weighted by molar-refractivity contribution is -0.181. The van der Waals surface area contributed by atoms with Crippen molar-refractivity contribution in [2.75, 3.05) is 39.8 Å². The summed E-state index contributed by atoms with van der Waals surface area (Å²) >= 11 is 0. The lowest BCUT2D eigenvalue weighted by atomic mass is 10.1. The molecule has 2 aromatic rings. The minimum absolute atomic E-state index is 0. The summed E-state index contributed by atoms with van der Waals surface area (Å²) in [6, 6.07) is 3.23. The number of nitrogens with one attached hydrogen (secondary N) is 2. The van der Waals surface area contributed by atoms with Gasteiger partial charge in [-0.15, -0.1) is 24.0 Å². The van der Waals surface area contributed by atoms with E-state index < -0.39 is 12.2 Å². The van der Waals surface area contributed by atoms with Gasteiger partial charge in [0.2, 0.25) is 0 Å². The summed E-state index contributed by atoms with van der Waals surface area (Å²) in [6.45, 7) is 3.50. The monoisotopic (exact) mass is 527 g/mol. The second-order valence-electron chi connectivity index (χ2n) is 6.97. The zero-order valence-corrected chi connectivity index (χ0v) is 18.7. The Balaban J connectivity index is 0.00000300. The van der Waals surface area contributed by atoms with Gasteiger partial charge in [0.1, 0.15) is 11.9 Å². The largest absolute Gasteiger partial charge is 0.403 e. The summed E-state index contributed by atoms with van der Waals surface area (Å²) in [5.41, 5.74) is 1.83. The van der Waals surface area contributed by atoms with Crippen LogP contribution in [0.1, 0.15) is 12.5 Å². The number of alkyl halides is 3. The van der Waals surface area contributed by atoms with Crippen molar-refractivity contribution in [3.05, 3.63) is 35.8 Å². The van der Waals surface area contributed by atoms with Crippen LogP contribution in [0.15, 0.2) is 29.4 Å². The molecule has 0 saturated carbocycles. The number of rotatable bonds is 4. The Labute approximate surface area is 184 Å². The number of hydrogen-bond donors (Lipinski definition) is 2. The lowest BCUT2D eigenvalue weighted by Crippen LogP contribution is -2.56. The first-order chi connectivity index (χ1) is 13.3. The molecule has 1 aromatic carbocycles. The van der Waals surface area contributed by atoms with Gasteiger partial charge < -0.3 is 15.2 Å². The Kier molecular flexibility index (Phi) is 8.15. The van der Waals surface area contributed by atoms with E-state index in [0.29, 0.717) is 38.7 Å². The Morgan fingerprint density at radius 1 is 1.24 bits per heavy atom. The number of hydrogen-bond acceptors (Lipinski definition) is 2. The molecule has 1 unspecified atom stereocenters. The van der Waals surface area contributed by atoms with E-state index in [1.54, 1.807) is 13.1 Å². The third-order valence-corrected chi connectivity index (χ3v) is 5.25. The summed E-state index contributed by atoms with van der Waals surface area (Å²) in [5, 5.41) is 4.25. The average molecular weight is 527 g/mol. The number of nitrogens with zero attached hydrogens (tertiary/aromatic N) is 3. The Hall–Kier alpha value is -1.56. The van der Waals surface area contributed by atoms with Crippen molar-refractivity contribution in [2.45, 2.75) is 25.6 Å². The van der Waals surface area contributed by atoms with Crippen molar-refractivity contribution in [1.29, 1.82) is 0 Å². The molecular weight excluding hydrogens is 501 g/mol. The summed E-state index contributed by atoms with van der Waals surface area (Å²) in [5.74, 6) is 0.406. The first kappa shape index (κ1) is 23.7. The molecule has 162 valence electrons. The van der Waals surface area contributed by atoms with Gasteiger partial charge in [0, 0.05) is 56.9 Å². The molecule has 0 radical (unpaired) electrons. The molecule has 0 bridgehead atoms. The lowest BCUT2D eigenvalue weighted by Gasteiger charge is -2.39. The molecule has 1 aliphatic heterocycles. The second kappa shape index (κ2) is 9.96. The number of halogens is 5. The predicted molar refractivity (Wildman–Crippen MR) is 117 cm³/mol. The molecular formula is C19H26F4IN5. The van der Waals surface area contributed by atoms with E-state index in [1.807, 2.05) is 11.1 Å². The molecule has 3 rings (SSSR count). The van der Waals surface area contributed by atoms with Gasteiger partial charge >= 0.3 is 6.18 Å². The van der Waals surface area contributed by atoms with Crippen LogP contribution in [-0.4, -0.2) is 72.7 Å². The van der Waals surface area contributed by atoms with Crippen LogP contribution in [0.5, 0.6) is 0 Å². The molecule has 0 amide bonds. The van der Waals surface area contributed by atoms with E-state index in [4.69, 9.17) is 0 Å². The number of piperazine rings is 1. The van der Waals surface area contributed by atoms with Gasteiger partial charge in [-0.2, -0.15) is 13.2 Å². The molecule has 1 aliphatic rings. The van der Waals surface area contributed by atoms with E-state index >= 15 is 0 Å². The van der Waals surface area contributed by atoms with E-state index in [9.17, 15) is 17.6 Å². The van der Waals surface area contributed by atoms with Crippen molar-refractivity contribution in [3.63, 3.8) is 0 Å². The van der Waals surface area contributed by atoms with Crippen LogP contribution in [-0.2, 0) is 6.42 Å².